The van der Waals surface area contributed by atoms with Crippen molar-refractivity contribution in [1.29, 1.82) is 0 Å². The van der Waals surface area contributed by atoms with Crippen LogP contribution in [0.25, 0.3) is 21.8 Å². The first-order chi connectivity index (χ1) is 25.7. The largest absolute Gasteiger partial charge is 0.508 e. The van der Waals surface area contributed by atoms with Crippen LogP contribution in [0.15, 0.2) is 48.0 Å². The molecule has 4 aliphatic heterocycles. The molecular formula is C43H52N4O6. The van der Waals surface area contributed by atoms with Crippen LogP contribution in [0.1, 0.15) is 73.5 Å². The van der Waals surface area contributed by atoms with Crippen LogP contribution in [-0.2, 0) is 37.3 Å². The number of piperidine rings is 3. The number of ether oxygens (including phenoxy) is 2. The number of hydrogen-bond acceptors (Lipinski definition) is 8. The number of carbonyl (C=O) groups excluding carboxylic acids is 2. The number of carbonyl (C=O) groups is 2. The summed E-state index contributed by atoms with van der Waals surface area (Å²) in [7, 11) is 4.96. The van der Waals surface area contributed by atoms with Crippen LogP contribution >= 0.6 is 0 Å². The number of aromatic nitrogens is 2. The van der Waals surface area contributed by atoms with Gasteiger partial charge in [0.15, 0.2) is 0 Å². The lowest BCUT2D eigenvalue weighted by atomic mass is 9.56. The van der Waals surface area contributed by atoms with Crippen molar-refractivity contribution in [3.05, 3.63) is 76.1 Å². The van der Waals surface area contributed by atoms with Crippen LogP contribution in [0, 0.1) is 23.2 Å². The second kappa shape index (κ2) is 12.5. The van der Waals surface area contributed by atoms with Crippen LogP contribution < -0.4 is 0 Å². The maximum Gasteiger partial charge on any atom is 0.319 e. The first-order valence-electron chi connectivity index (χ1n) is 19.5. The number of aromatic amines is 2. The number of nitrogens with one attached hydrogen (secondary N) is 2. The van der Waals surface area contributed by atoms with Gasteiger partial charge in [-0.05, 0) is 87.2 Å². The van der Waals surface area contributed by atoms with E-state index >= 15 is 0 Å². The SMILES string of the molecule is C/C=C1/CN(C)[C@H]2Cc3c([nH]c4ccccc34)[C@H](c3c(O)ccc4c5c([nH]c34)[C@]3(C(=O)OC)C[C@@H]4C[C@H](CC)[C@@H]3N(CC5)C4)C[C@H]1C2(CO)C(=O)OC. The minimum Gasteiger partial charge on any atom is -0.508 e. The van der Waals surface area contributed by atoms with E-state index in [0.717, 1.165) is 94.2 Å². The fraction of sp³-hybridized carbons (Fsp3) is 0.535. The summed E-state index contributed by atoms with van der Waals surface area (Å²) in [6, 6.07) is 11.8. The Morgan fingerprint density at radius 2 is 1.83 bits per heavy atom. The fourth-order valence-corrected chi connectivity index (χ4v) is 12.5. The number of fused-ring (bicyclic) bond motifs is 9. The predicted octanol–water partition coefficient (Wildman–Crippen LogP) is 5.55. The maximum atomic E-state index is 14.4. The van der Waals surface area contributed by atoms with E-state index in [9.17, 15) is 19.8 Å². The number of likely N-dealkylation sites (tertiary alicyclic amines) is 1. The smallest absolute Gasteiger partial charge is 0.319 e. The summed E-state index contributed by atoms with van der Waals surface area (Å²) < 4.78 is 11.3. The third-order valence-electron chi connectivity index (χ3n) is 14.6. The molecule has 10 heteroatoms. The molecule has 53 heavy (non-hydrogen) atoms. The monoisotopic (exact) mass is 720 g/mol. The third kappa shape index (κ3) is 4.55. The molecule has 2 unspecified atom stereocenters. The summed E-state index contributed by atoms with van der Waals surface area (Å²) in [5.41, 5.74) is 5.72. The number of aromatic hydroxyl groups is 1. The number of methoxy groups -OCH3 is 2. The van der Waals surface area contributed by atoms with Crippen molar-refractivity contribution in [2.75, 3.05) is 47.5 Å². The Kier molecular flexibility index (Phi) is 8.15. The Balaban J connectivity index is 1.33. The first-order valence-corrected chi connectivity index (χ1v) is 19.5. The number of likely N-dealkylation sites (N-methyl/N-ethyl adjacent to an activating group) is 1. The van der Waals surface area contributed by atoms with Crippen molar-refractivity contribution in [2.45, 2.75) is 75.8 Å². The quantitative estimate of drug-likeness (QED) is 0.156. The summed E-state index contributed by atoms with van der Waals surface area (Å²) in [5, 5.41) is 25.7. The highest BCUT2D eigenvalue weighted by Crippen LogP contribution is 2.58. The molecule has 0 radical (unpaired) electrons. The molecule has 10 nitrogen and oxygen atoms in total. The van der Waals surface area contributed by atoms with Crippen LogP contribution in [0.2, 0.25) is 0 Å². The number of para-hydroxylation sites is 1. The summed E-state index contributed by atoms with van der Waals surface area (Å²) in [5.74, 6) is -0.413. The van der Waals surface area contributed by atoms with Crippen molar-refractivity contribution in [1.82, 2.24) is 19.8 Å². The van der Waals surface area contributed by atoms with Gasteiger partial charge in [-0.2, -0.15) is 0 Å². The van der Waals surface area contributed by atoms with Crippen molar-refractivity contribution in [3.8, 4) is 5.75 Å². The Morgan fingerprint density at radius 1 is 1.04 bits per heavy atom. The lowest BCUT2D eigenvalue weighted by Gasteiger charge is -2.57. The Hall–Kier alpha value is -4.12. The number of nitrogens with zero attached hydrogens (tertiary/aromatic N) is 2. The van der Waals surface area contributed by atoms with E-state index in [1.807, 2.05) is 38.2 Å². The van der Waals surface area contributed by atoms with Crippen LogP contribution in [0.4, 0.5) is 0 Å². The molecule has 4 aromatic rings. The normalized spacial score (nSPS) is 34.3. The highest BCUT2D eigenvalue weighted by molar-refractivity contribution is 5.95. The molecule has 6 heterocycles. The number of benzene rings is 2. The molecule has 0 amide bonds. The Bertz CT molecular complexity index is 2170. The molecule has 4 fully saturated rings. The highest BCUT2D eigenvalue weighted by atomic mass is 16.5. The zero-order valence-electron chi connectivity index (χ0n) is 31.5. The van der Waals surface area contributed by atoms with E-state index in [1.54, 1.807) is 0 Å². The van der Waals surface area contributed by atoms with Gasteiger partial charge in [-0.15, -0.1) is 0 Å². The second-order valence-electron chi connectivity index (χ2n) is 16.6. The zero-order chi connectivity index (χ0) is 37.0. The number of H-pyrrole nitrogens is 2. The maximum absolute atomic E-state index is 14.4. The van der Waals surface area contributed by atoms with E-state index in [0.29, 0.717) is 31.2 Å². The molecule has 4 N–H and O–H groups in total. The van der Waals surface area contributed by atoms with Crippen molar-refractivity contribution in [3.63, 3.8) is 0 Å². The number of phenolic OH excluding ortho intramolecular Hbond substituents is 1. The average molecular weight is 721 g/mol. The Labute approximate surface area is 310 Å². The van der Waals surface area contributed by atoms with E-state index < -0.39 is 16.8 Å². The standard InChI is InChI=1S/C43H52N4O6/c1-6-24-16-23-19-42(40(50)52-4)38-28(14-15-47(20-23)39(24)42)27-12-13-33(49)35(37(27)45-38)30-17-31-25(7-2)21-46(3)34(43(31,22-48)41(51)53-5)18-29-26-10-8-9-11-32(26)44-36(29)30/h7-13,23-24,30-31,34,39,44-45,48-49H,6,14-22H2,1-5H3/b25-7-/t23-,24-,30-,31+,34-,39-,42+,43?/m0/s1. The number of hydrogen-bond donors (Lipinski definition) is 4. The summed E-state index contributed by atoms with van der Waals surface area (Å²) in [6.07, 6.45) is 6.71. The Morgan fingerprint density at radius 3 is 2.57 bits per heavy atom. The van der Waals surface area contributed by atoms with Gasteiger partial charge in [-0.3, -0.25) is 19.4 Å². The van der Waals surface area contributed by atoms with E-state index in [-0.39, 0.29) is 42.2 Å². The molecular weight excluding hydrogens is 668 g/mol. The van der Waals surface area contributed by atoms with Gasteiger partial charge in [0.05, 0.1) is 26.3 Å². The van der Waals surface area contributed by atoms with Gasteiger partial charge in [0, 0.05) is 76.8 Å². The van der Waals surface area contributed by atoms with Crippen LogP contribution in [-0.4, -0.2) is 102 Å². The average Bonchev–Trinajstić information content (AvgIpc) is 3.71. The lowest BCUT2D eigenvalue weighted by molar-refractivity contribution is -0.169. The first kappa shape index (κ1) is 34.6. The van der Waals surface area contributed by atoms with E-state index in [2.05, 4.69) is 44.9 Å². The fourth-order valence-electron chi connectivity index (χ4n) is 12.5. The predicted molar refractivity (Wildman–Crippen MR) is 203 cm³/mol. The lowest BCUT2D eigenvalue weighted by Crippen LogP contribution is -2.67. The summed E-state index contributed by atoms with van der Waals surface area (Å²) in [6.45, 7) is 6.40. The number of allylic oxidation sites excluding steroid dienone is 1. The molecule has 2 aromatic carbocycles. The number of aliphatic hydroxyl groups is 1. The third-order valence-corrected chi connectivity index (χ3v) is 14.6. The minimum atomic E-state index is -1.23. The highest BCUT2D eigenvalue weighted by Gasteiger charge is 2.63. The van der Waals surface area contributed by atoms with Crippen molar-refractivity contribution < 1.29 is 29.3 Å². The van der Waals surface area contributed by atoms with Crippen molar-refractivity contribution >= 4 is 33.7 Å². The molecule has 1 saturated carbocycles. The molecule has 0 spiro atoms. The molecule has 10 rings (SSSR count). The summed E-state index contributed by atoms with van der Waals surface area (Å²) in [4.78, 5) is 41.0. The number of phenols is 1. The minimum absolute atomic E-state index is 0.0386. The number of rotatable bonds is 5. The van der Waals surface area contributed by atoms with Gasteiger partial charge in [-0.25, -0.2) is 0 Å². The number of aliphatic hydroxyl groups excluding tert-OH is 1. The topological polar surface area (TPSA) is 131 Å². The number of esters is 2. The second-order valence-corrected chi connectivity index (χ2v) is 16.6. The molecule has 2 aliphatic carbocycles. The van der Waals surface area contributed by atoms with Crippen molar-refractivity contribution in [2.24, 2.45) is 23.2 Å². The van der Waals surface area contributed by atoms with Gasteiger partial charge in [0.25, 0.3) is 0 Å². The summed E-state index contributed by atoms with van der Waals surface area (Å²) >= 11 is 0. The van der Waals surface area contributed by atoms with E-state index in [4.69, 9.17) is 9.47 Å². The molecule has 9 atom stereocenters. The van der Waals surface area contributed by atoms with Gasteiger partial charge in [-0.1, -0.05) is 43.2 Å². The van der Waals surface area contributed by atoms with Crippen LogP contribution in [0.5, 0.6) is 5.75 Å². The zero-order valence-corrected chi connectivity index (χ0v) is 31.5. The molecule has 3 saturated heterocycles. The molecule has 6 aliphatic rings. The van der Waals surface area contributed by atoms with Crippen LogP contribution in [0.3, 0.4) is 0 Å². The molecule has 2 aromatic heterocycles. The van der Waals surface area contributed by atoms with Gasteiger partial charge >= 0.3 is 11.9 Å². The molecule has 6 bridgehead atoms. The van der Waals surface area contributed by atoms with Gasteiger partial charge < -0.3 is 29.7 Å². The van der Waals surface area contributed by atoms with Gasteiger partial charge in [0.2, 0.25) is 0 Å². The van der Waals surface area contributed by atoms with Gasteiger partial charge in [0.1, 0.15) is 16.6 Å². The van der Waals surface area contributed by atoms with E-state index in [1.165, 1.54) is 14.2 Å². The molecule has 280 valence electrons.